The first-order valence-corrected chi connectivity index (χ1v) is 11.0. The molecule has 0 bridgehead atoms. The SMILES string of the molecule is C[C@H](C[C@H]1CC[C@@H](c2ccnc3ccc(F)cc32)CC1)Nc1nc2ccc(F)c(F)c2o1. The number of benzene rings is 2. The van der Waals surface area contributed by atoms with E-state index in [0.29, 0.717) is 17.4 Å². The van der Waals surface area contributed by atoms with Crippen molar-refractivity contribution < 1.29 is 17.6 Å². The average Bonchev–Trinajstić information content (AvgIpc) is 3.19. The zero-order valence-corrected chi connectivity index (χ0v) is 17.7. The van der Waals surface area contributed by atoms with Crippen molar-refractivity contribution >= 4 is 28.0 Å². The Balaban J connectivity index is 1.21. The molecule has 4 nitrogen and oxygen atoms in total. The van der Waals surface area contributed by atoms with E-state index in [-0.39, 0.29) is 23.5 Å². The van der Waals surface area contributed by atoms with E-state index in [9.17, 15) is 13.2 Å². The summed E-state index contributed by atoms with van der Waals surface area (Å²) in [5.41, 5.74) is 2.14. The third-order valence-electron chi connectivity index (χ3n) is 6.53. The Morgan fingerprint density at radius 1 is 1.03 bits per heavy atom. The molecule has 32 heavy (non-hydrogen) atoms. The number of nitrogens with one attached hydrogen (secondary N) is 1. The Kier molecular flexibility index (Phi) is 5.49. The van der Waals surface area contributed by atoms with Crippen LogP contribution in [0.4, 0.5) is 19.2 Å². The molecule has 1 aliphatic carbocycles. The van der Waals surface area contributed by atoms with Crippen molar-refractivity contribution in [2.75, 3.05) is 5.32 Å². The second kappa shape index (κ2) is 8.45. The van der Waals surface area contributed by atoms with Crippen LogP contribution >= 0.6 is 0 Å². The van der Waals surface area contributed by atoms with Crippen molar-refractivity contribution in [3.8, 4) is 0 Å². The zero-order chi connectivity index (χ0) is 22.2. The second-order valence-electron chi connectivity index (χ2n) is 8.79. The van der Waals surface area contributed by atoms with Crippen LogP contribution in [0, 0.1) is 23.4 Å². The number of pyridine rings is 1. The van der Waals surface area contributed by atoms with E-state index in [2.05, 4.69) is 15.3 Å². The van der Waals surface area contributed by atoms with Crippen molar-refractivity contribution in [3.63, 3.8) is 0 Å². The van der Waals surface area contributed by atoms with Crippen molar-refractivity contribution in [3.05, 3.63) is 65.6 Å². The van der Waals surface area contributed by atoms with Gasteiger partial charge in [0.2, 0.25) is 5.82 Å². The number of aromatic nitrogens is 2. The van der Waals surface area contributed by atoms with Gasteiger partial charge < -0.3 is 9.73 Å². The van der Waals surface area contributed by atoms with Crippen LogP contribution in [0.25, 0.3) is 22.0 Å². The monoisotopic (exact) mass is 439 g/mol. The van der Waals surface area contributed by atoms with E-state index in [4.69, 9.17) is 4.42 Å². The quantitative estimate of drug-likeness (QED) is 0.365. The lowest BCUT2D eigenvalue weighted by atomic mass is 9.76. The Morgan fingerprint density at radius 2 is 1.81 bits per heavy atom. The molecule has 4 aromatic rings. The molecule has 0 unspecified atom stereocenters. The predicted octanol–water partition coefficient (Wildman–Crippen LogP) is 6.96. The number of rotatable bonds is 5. The van der Waals surface area contributed by atoms with E-state index in [1.807, 2.05) is 19.2 Å². The van der Waals surface area contributed by atoms with Gasteiger partial charge in [-0.3, -0.25) is 4.98 Å². The van der Waals surface area contributed by atoms with Crippen molar-refractivity contribution in [1.29, 1.82) is 0 Å². The van der Waals surface area contributed by atoms with Gasteiger partial charge in [0, 0.05) is 17.6 Å². The first-order valence-electron chi connectivity index (χ1n) is 11.0. The molecule has 0 saturated heterocycles. The maximum absolute atomic E-state index is 13.9. The Labute approximate surface area is 183 Å². The molecule has 2 heterocycles. The molecular weight excluding hydrogens is 415 g/mol. The molecule has 1 aliphatic rings. The van der Waals surface area contributed by atoms with Gasteiger partial charge in [0.15, 0.2) is 11.4 Å². The normalized spacial score (nSPS) is 20.0. The van der Waals surface area contributed by atoms with Crippen LogP contribution in [0.1, 0.15) is 50.5 Å². The van der Waals surface area contributed by atoms with Crippen LogP contribution in [-0.2, 0) is 0 Å². The summed E-state index contributed by atoms with van der Waals surface area (Å²) in [4.78, 5) is 8.58. The standard InChI is InChI=1S/C25H24F3N3O/c1-14(30-25-31-22-9-7-20(27)23(28)24(22)32-25)12-15-2-4-16(5-3-15)18-10-11-29-21-8-6-17(26)13-19(18)21/h6-11,13-16H,2-5,12H2,1H3,(H,30,31)/t14-,15-,16+/m1/s1. The van der Waals surface area contributed by atoms with Crippen LogP contribution in [0.5, 0.6) is 0 Å². The lowest BCUT2D eigenvalue weighted by Gasteiger charge is -2.31. The van der Waals surface area contributed by atoms with Gasteiger partial charge in [-0.2, -0.15) is 9.37 Å². The lowest BCUT2D eigenvalue weighted by Crippen LogP contribution is -2.23. The first kappa shape index (κ1) is 20.8. The largest absolute Gasteiger partial charge is 0.420 e. The molecule has 1 saturated carbocycles. The maximum Gasteiger partial charge on any atom is 0.296 e. The van der Waals surface area contributed by atoms with E-state index < -0.39 is 11.6 Å². The molecule has 1 fully saturated rings. The van der Waals surface area contributed by atoms with Gasteiger partial charge in [-0.05, 0) is 92.8 Å². The Morgan fingerprint density at radius 3 is 2.62 bits per heavy atom. The number of anilines is 1. The molecule has 1 atom stereocenters. The van der Waals surface area contributed by atoms with Gasteiger partial charge in [-0.25, -0.2) is 8.78 Å². The number of fused-ring (bicyclic) bond motifs is 2. The molecule has 0 amide bonds. The molecular formula is C25H24F3N3O. The average molecular weight is 439 g/mol. The van der Waals surface area contributed by atoms with Gasteiger partial charge >= 0.3 is 0 Å². The van der Waals surface area contributed by atoms with E-state index in [0.717, 1.165) is 49.1 Å². The summed E-state index contributed by atoms with van der Waals surface area (Å²) in [7, 11) is 0. The highest BCUT2D eigenvalue weighted by atomic mass is 19.2. The molecule has 1 N–H and O–H groups in total. The topological polar surface area (TPSA) is 51.0 Å². The molecule has 0 radical (unpaired) electrons. The van der Waals surface area contributed by atoms with Crippen molar-refractivity contribution in [2.45, 2.75) is 51.0 Å². The number of oxazole rings is 1. The highest BCUT2D eigenvalue weighted by molar-refractivity contribution is 5.82. The van der Waals surface area contributed by atoms with E-state index >= 15 is 0 Å². The van der Waals surface area contributed by atoms with Crippen molar-refractivity contribution in [1.82, 2.24) is 9.97 Å². The highest BCUT2D eigenvalue weighted by Crippen LogP contribution is 2.40. The summed E-state index contributed by atoms with van der Waals surface area (Å²) in [5.74, 6) is -1.26. The third-order valence-corrected chi connectivity index (χ3v) is 6.53. The van der Waals surface area contributed by atoms with Crippen LogP contribution < -0.4 is 5.32 Å². The highest BCUT2D eigenvalue weighted by Gasteiger charge is 2.25. The van der Waals surface area contributed by atoms with Crippen LogP contribution in [0.3, 0.4) is 0 Å². The van der Waals surface area contributed by atoms with Crippen LogP contribution in [-0.4, -0.2) is 16.0 Å². The molecule has 5 rings (SSSR count). The summed E-state index contributed by atoms with van der Waals surface area (Å²) >= 11 is 0. The number of nitrogens with zero attached hydrogens (tertiary/aromatic N) is 2. The van der Waals surface area contributed by atoms with E-state index in [1.54, 1.807) is 12.1 Å². The fourth-order valence-electron chi connectivity index (χ4n) is 4.97. The fourth-order valence-corrected chi connectivity index (χ4v) is 4.97. The summed E-state index contributed by atoms with van der Waals surface area (Å²) in [5, 5.41) is 4.09. The van der Waals surface area contributed by atoms with Crippen LogP contribution in [0.15, 0.2) is 47.0 Å². The van der Waals surface area contributed by atoms with Crippen molar-refractivity contribution in [2.24, 2.45) is 5.92 Å². The summed E-state index contributed by atoms with van der Waals surface area (Å²) in [6.07, 6.45) is 6.96. The minimum atomic E-state index is -1.02. The van der Waals surface area contributed by atoms with Gasteiger partial charge in [-0.15, -0.1) is 0 Å². The third kappa shape index (κ3) is 4.04. The first-order chi connectivity index (χ1) is 15.5. The van der Waals surface area contributed by atoms with Gasteiger partial charge in [0.1, 0.15) is 11.3 Å². The molecule has 0 spiro atoms. The number of halogens is 3. The Bertz CT molecular complexity index is 1260. The molecule has 0 aliphatic heterocycles. The second-order valence-corrected chi connectivity index (χ2v) is 8.79. The molecule has 2 aromatic carbocycles. The van der Waals surface area contributed by atoms with Gasteiger partial charge in [0.05, 0.1) is 5.52 Å². The molecule has 166 valence electrons. The smallest absolute Gasteiger partial charge is 0.296 e. The molecule has 2 aromatic heterocycles. The summed E-state index contributed by atoms with van der Waals surface area (Å²) in [6.45, 7) is 2.04. The predicted molar refractivity (Wildman–Crippen MR) is 118 cm³/mol. The number of hydrogen-bond acceptors (Lipinski definition) is 4. The minimum absolute atomic E-state index is 0.0772. The Hall–Kier alpha value is -3.09. The summed E-state index contributed by atoms with van der Waals surface area (Å²) in [6, 6.07) is 9.53. The van der Waals surface area contributed by atoms with E-state index in [1.165, 1.54) is 17.7 Å². The zero-order valence-electron chi connectivity index (χ0n) is 17.7. The minimum Gasteiger partial charge on any atom is -0.420 e. The number of hydrogen-bond donors (Lipinski definition) is 1. The summed E-state index contributed by atoms with van der Waals surface area (Å²) < 4.78 is 46.4. The lowest BCUT2D eigenvalue weighted by molar-refractivity contribution is 0.301. The maximum atomic E-state index is 13.9. The fraction of sp³-hybridized carbons (Fsp3) is 0.360. The van der Waals surface area contributed by atoms with Gasteiger partial charge in [-0.1, -0.05) is 0 Å². The molecule has 7 heteroatoms. The van der Waals surface area contributed by atoms with Gasteiger partial charge in [0.25, 0.3) is 6.01 Å². The van der Waals surface area contributed by atoms with Crippen LogP contribution in [0.2, 0.25) is 0 Å².